The zero-order valence-electron chi connectivity index (χ0n) is 17.4. The average molecular weight is 396 g/mol. The van der Waals surface area contributed by atoms with E-state index in [4.69, 9.17) is 4.74 Å². The van der Waals surface area contributed by atoms with Crippen LogP contribution >= 0.6 is 0 Å². The quantitative estimate of drug-likeness (QED) is 0.551. The number of carbonyl (C=O) groups is 2. The molecule has 1 aliphatic carbocycles. The molecule has 2 aromatic rings. The van der Waals surface area contributed by atoms with Gasteiger partial charge in [-0.1, -0.05) is 37.5 Å². The van der Waals surface area contributed by atoms with E-state index >= 15 is 0 Å². The zero-order valence-corrected chi connectivity index (χ0v) is 17.4. The van der Waals surface area contributed by atoms with Crippen LogP contribution in [0.5, 0.6) is 0 Å². The number of aryl methyl sites for hydroxylation is 1. The van der Waals surface area contributed by atoms with Crippen LogP contribution in [0, 0.1) is 13.8 Å². The number of hydrogen-bond donors (Lipinski definition) is 0. The largest absolute Gasteiger partial charge is 0.452 e. The third kappa shape index (κ3) is 5.13. The summed E-state index contributed by atoms with van der Waals surface area (Å²) >= 11 is 0. The number of benzene rings is 1. The normalized spacial score (nSPS) is 14.9. The lowest BCUT2D eigenvalue weighted by molar-refractivity contribution is -0.148. The van der Waals surface area contributed by atoms with Crippen molar-refractivity contribution in [2.75, 3.05) is 13.7 Å². The lowest BCUT2D eigenvalue weighted by atomic mass is 9.94. The molecule has 0 unspecified atom stereocenters. The summed E-state index contributed by atoms with van der Waals surface area (Å²) in [5.41, 5.74) is 3.59. The number of amides is 1. The van der Waals surface area contributed by atoms with Crippen LogP contribution in [0.3, 0.4) is 0 Å². The average Bonchev–Trinajstić information content (AvgIpc) is 3.04. The Balaban J connectivity index is 1.58. The van der Waals surface area contributed by atoms with Gasteiger partial charge in [0.15, 0.2) is 6.61 Å². The van der Waals surface area contributed by atoms with E-state index in [-0.39, 0.29) is 18.6 Å². The molecule has 3 rings (SSSR count). The van der Waals surface area contributed by atoms with Gasteiger partial charge in [-0.05, 0) is 44.9 Å². The summed E-state index contributed by atoms with van der Waals surface area (Å²) in [6.45, 7) is 3.64. The van der Waals surface area contributed by atoms with E-state index in [1.807, 2.05) is 48.9 Å². The Morgan fingerprint density at radius 2 is 1.86 bits per heavy atom. The van der Waals surface area contributed by atoms with E-state index in [1.54, 1.807) is 18.0 Å². The van der Waals surface area contributed by atoms with Crippen molar-refractivity contribution in [2.24, 2.45) is 0 Å². The van der Waals surface area contributed by atoms with E-state index in [9.17, 15) is 9.59 Å². The van der Waals surface area contributed by atoms with Crippen LogP contribution in [0.4, 0.5) is 0 Å². The molecule has 154 valence electrons. The fourth-order valence-electron chi connectivity index (χ4n) is 3.82. The topological polar surface area (TPSA) is 64.4 Å². The first-order valence-corrected chi connectivity index (χ1v) is 10.2. The minimum atomic E-state index is -0.526. The van der Waals surface area contributed by atoms with E-state index in [1.165, 1.54) is 12.5 Å². The monoisotopic (exact) mass is 395 g/mol. The molecule has 0 bridgehead atoms. The third-order valence-corrected chi connectivity index (χ3v) is 5.59. The molecule has 0 radical (unpaired) electrons. The molecule has 0 N–H and O–H groups in total. The number of para-hydroxylation sites is 1. The van der Waals surface area contributed by atoms with Gasteiger partial charge in [-0.3, -0.25) is 4.79 Å². The number of likely N-dealkylation sites (N-methyl/N-ethyl adjacent to an activating group) is 1. The third-order valence-electron chi connectivity index (χ3n) is 5.59. The molecule has 1 fully saturated rings. The van der Waals surface area contributed by atoms with E-state index in [2.05, 4.69) is 5.10 Å². The highest BCUT2D eigenvalue weighted by atomic mass is 16.5. The Morgan fingerprint density at radius 1 is 1.17 bits per heavy atom. The second-order valence-electron chi connectivity index (χ2n) is 7.57. The van der Waals surface area contributed by atoms with Crippen LogP contribution in [0.25, 0.3) is 11.8 Å². The summed E-state index contributed by atoms with van der Waals surface area (Å²) in [7, 11) is 1.80. The molecule has 0 saturated heterocycles. The van der Waals surface area contributed by atoms with Crippen molar-refractivity contribution in [2.45, 2.75) is 52.0 Å². The van der Waals surface area contributed by atoms with Crippen molar-refractivity contribution in [3.63, 3.8) is 0 Å². The predicted octanol–water partition coefficient (Wildman–Crippen LogP) is 3.84. The van der Waals surface area contributed by atoms with Crippen LogP contribution in [0.1, 0.15) is 49.1 Å². The summed E-state index contributed by atoms with van der Waals surface area (Å²) in [6, 6.07) is 10.1. The molecular formula is C23H29N3O3. The van der Waals surface area contributed by atoms with Gasteiger partial charge in [0.05, 0.1) is 11.4 Å². The summed E-state index contributed by atoms with van der Waals surface area (Å²) in [5.74, 6) is -0.676. The second kappa shape index (κ2) is 9.54. The van der Waals surface area contributed by atoms with Gasteiger partial charge >= 0.3 is 5.97 Å². The molecule has 1 saturated carbocycles. The van der Waals surface area contributed by atoms with Crippen LogP contribution < -0.4 is 0 Å². The molecule has 1 heterocycles. The molecule has 6 nitrogen and oxygen atoms in total. The highest BCUT2D eigenvalue weighted by Gasteiger charge is 2.22. The summed E-state index contributed by atoms with van der Waals surface area (Å²) in [4.78, 5) is 26.1. The van der Waals surface area contributed by atoms with Crippen molar-refractivity contribution in [3.05, 3.63) is 53.4 Å². The lowest BCUT2D eigenvalue weighted by Crippen LogP contribution is -2.40. The van der Waals surface area contributed by atoms with Crippen molar-refractivity contribution in [1.29, 1.82) is 0 Å². The molecule has 0 aliphatic heterocycles. The van der Waals surface area contributed by atoms with Gasteiger partial charge in [0.1, 0.15) is 0 Å². The van der Waals surface area contributed by atoms with Crippen LogP contribution in [-0.2, 0) is 14.3 Å². The molecule has 29 heavy (non-hydrogen) atoms. The number of nitrogens with zero attached hydrogens (tertiary/aromatic N) is 3. The molecular weight excluding hydrogens is 366 g/mol. The fourth-order valence-corrected chi connectivity index (χ4v) is 3.82. The number of esters is 1. The number of ether oxygens (including phenoxy) is 1. The molecule has 1 aromatic heterocycles. The van der Waals surface area contributed by atoms with Crippen LogP contribution in [0.2, 0.25) is 0 Å². The number of aromatic nitrogens is 2. The van der Waals surface area contributed by atoms with Gasteiger partial charge in [-0.2, -0.15) is 5.10 Å². The lowest BCUT2D eigenvalue weighted by Gasteiger charge is -2.31. The fraction of sp³-hybridized carbons (Fsp3) is 0.435. The Labute approximate surface area is 172 Å². The van der Waals surface area contributed by atoms with Gasteiger partial charge in [-0.25, -0.2) is 9.48 Å². The first-order chi connectivity index (χ1) is 14.0. The molecule has 6 heteroatoms. The van der Waals surface area contributed by atoms with Crippen molar-refractivity contribution < 1.29 is 14.3 Å². The van der Waals surface area contributed by atoms with E-state index in [0.717, 1.165) is 48.3 Å². The molecule has 1 aliphatic rings. The molecule has 1 amide bonds. The SMILES string of the molecule is Cc1nn(-c2ccccc2)c(C)c1/C=C/C(=O)OCC(=O)N(C)C1CCCCC1. The highest BCUT2D eigenvalue weighted by molar-refractivity contribution is 5.89. The number of rotatable bonds is 6. The van der Waals surface area contributed by atoms with Gasteiger partial charge < -0.3 is 9.64 Å². The van der Waals surface area contributed by atoms with Crippen LogP contribution in [-0.4, -0.2) is 46.3 Å². The van der Waals surface area contributed by atoms with Gasteiger partial charge in [0, 0.05) is 30.4 Å². The van der Waals surface area contributed by atoms with Crippen molar-refractivity contribution in [1.82, 2.24) is 14.7 Å². The molecule has 0 spiro atoms. The minimum Gasteiger partial charge on any atom is -0.452 e. The van der Waals surface area contributed by atoms with Gasteiger partial charge in [0.2, 0.25) is 0 Å². The molecule has 1 aromatic carbocycles. The Hall–Kier alpha value is -2.89. The first-order valence-electron chi connectivity index (χ1n) is 10.2. The van der Waals surface area contributed by atoms with Crippen molar-refractivity contribution >= 4 is 18.0 Å². The summed E-state index contributed by atoms with van der Waals surface area (Å²) in [6.07, 6.45) is 8.66. The minimum absolute atomic E-state index is 0.150. The van der Waals surface area contributed by atoms with E-state index < -0.39 is 5.97 Å². The molecule has 0 atom stereocenters. The highest BCUT2D eigenvalue weighted by Crippen LogP contribution is 2.22. The maximum absolute atomic E-state index is 12.3. The number of hydrogen-bond acceptors (Lipinski definition) is 4. The Bertz CT molecular complexity index is 880. The first kappa shape index (κ1) is 20.8. The Kier molecular flexibility index (Phi) is 6.86. The predicted molar refractivity (Wildman–Crippen MR) is 113 cm³/mol. The summed E-state index contributed by atoms with van der Waals surface area (Å²) in [5, 5.41) is 4.56. The van der Waals surface area contributed by atoms with Crippen LogP contribution in [0.15, 0.2) is 36.4 Å². The van der Waals surface area contributed by atoms with Gasteiger partial charge in [0.25, 0.3) is 5.91 Å². The zero-order chi connectivity index (χ0) is 20.8. The standard InChI is InChI=1S/C23H29N3O3/c1-17-21(18(2)26(24-17)20-12-8-5-9-13-20)14-15-23(28)29-16-22(27)25(3)19-10-6-4-7-11-19/h5,8-9,12-15,19H,4,6-7,10-11,16H2,1-3H3/b15-14+. The maximum Gasteiger partial charge on any atom is 0.331 e. The Morgan fingerprint density at radius 3 is 2.55 bits per heavy atom. The summed E-state index contributed by atoms with van der Waals surface area (Å²) < 4.78 is 7.01. The maximum atomic E-state index is 12.3. The van der Waals surface area contributed by atoms with E-state index in [0.29, 0.717) is 0 Å². The second-order valence-corrected chi connectivity index (χ2v) is 7.57. The number of carbonyl (C=O) groups excluding carboxylic acids is 2. The van der Waals surface area contributed by atoms with Gasteiger partial charge in [-0.15, -0.1) is 0 Å². The van der Waals surface area contributed by atoms with Crippen molar-refractivity contribution in [3.8, 4) is 5.69 Å². The smallest absolute Gasteiger partial charge is 0.331 e.